The minimum Gasteiger partial charge on any atom is -0.491 e. The maximum atomic E-state index is 12.6. The molecule has 0 N–H and O–H groups in total. The van der Waals surface area contributed by atoms with E-state index in [1.54, 1.807) is 14.0 Å². The van der Waals surface area contributed by atoms with Crippen molar-refractivity contribution in [3.63, 3.8) is 0 Å². The highest BCUT2D eigenvalue weighted by Crippen LogP contribution is 2.38. The van der Waals surface area contributed by atoms with Gasteiger partial charge >= 0.3 is 10.1 Å². The highest BCUT2D eigenvalue weighted by Gasteiger charge is 2.22. The molecular weight excluding hydrogens is 438 g/mol. The molecule has 144 valence electrons. The van der Waals surface area contributed by atoms with Crippen LogP contribution in [0, 0.1) is 11.3 Å². The van der Waals surface area contributed by atoms with Crippen molar-refractivity contribution in [3.05, 3.63) is 46.4 Å². The van der Waals surface area contributed by atoms with Crippen molar-refractivity contribution in [2.45, 2.75) is 11.8 Å². The minimum absolute atomic E-state index is 0.0173. The Bertz CT molecular complexity index is 922. The van der Waals surface area contributed by atoms with E-state index >= 15 is 0 Å². The van der Waals surface area contributed by atoms with Gasteiger partial charge in [-0.2, -0.15) is 13.7 Å². The van der Waals surface area contributed by atoms with Crippen LogP contribution < -0.4 is 13.7 Å². The normalized spacial score (nSPS) is 10.9. The van der Waals surface area contributed by atoms with Gasteiger partial charge in [0.15, 0.2) is 11.5 Å². The number of nitrogens with zero attached hydrogens (tertiary/aromatic N) is 1. The van der Waals surface area contributed by atoms with Crippen LogP contribution in [0.2, 0.25) is 0 Å². The molecule has 7 nitrogen and oxygen atoms in total. The fourth-order valence-electron chi connectivity index (χ4n) is 2.08. The summed E-state index contributed by atoms with van der Waals surface area (Å²) in [5.74, 6) is 0.656. The van der Waals surface area contributed by atoms with Gasteiger partial charge < -0.3 is 18.4 Å². The number of nitriles is 1. The molecule has 0 bridgehead atoms. The Kier molecular flexibility index (Phi) is 7.47. The molecule has 0 saturated carbocycles. The zero-order valence-corrected chi connectivity index (χ0v) is 17.2. The lowest BCUT2D eigenvalue weighted by molar-refractivity contribution is 0.146. The van der Waals surface area contributed by atoms with Crippen molar-refractivity contribution in [2.75, 3.05) is 26.9 Å². The Balaban J connectivity index is 2.27. The quantitative estimate of drug-likeness (QED) is 0.421. The summed E-state index contributed by atoms with van der Waals surface area (Å²) < 4.78 is 46.5. The molecule has 0 aromatic heterocycles. The summed E-state index contributed by atoms with van der Waals surface area (Å²) in [6.07, 6.45) is 0. The number of rotatable bonds is 9. The lowest BCUT2D eigenvalue weighted by Gasteiger charge is -2.14. The van der Waals surface area contributed by atoms with Gasteiger partial charge in [-0.3, -0.25) is 0 Å². The standard InChI is InChI=1S/C18H18BrNO6S/c1-3-24-17-11-13(12-20)10-16(19)18(17)26-27(21,22)15-6-4-14(5-7-15)25-9-8-23-2/h4-7,10-11H,3,8-9H2,1-2H3. The van der Waals surface area contributed by atoms with Gasteiger partial charge in [0.1, 0.15) is 17.3 Å². The summed E-state index contributed by atoms with van der Waals surface area (Å²) in [7, 11) is -2.55. The largest absolute Gasteiger partial charge is 0.491 e. The number of halogens is 1. The van der Waals surface area contributed by atoms with Crippen molar-refractivity contribution in [2.24, 2.45) is 0 Å². The second kappa shape index (κ2) is 9.60. The SMILES string of the molecule is CCOc1cc(C#N)cc(Br)c1OS(=O)(=O)c1ccc(OCCOC)cc1. The van der Waals surface area contributed by atoms with Crippen LogP contribution in [0.4, 0.5) is 0 Å². The van der Waals surface area contributed by atoms with Gasteiger partial charge in [-0.15, -0.1) is 0 Å². The highest BCUT2D eigenvalue weighted by atomic mass is 79.9. The third-order valence-corrected chi connectivity index (χ3v) is 5.12. The zero-order valence-electron chi connectivity index (χ0n) is 14.8. The molecule has 27 heavy (non-hydrogen) atoms. The van der Waals surface area contributed by atoms with Crippen LogP contribution in [0.15, 0.2) is 45.8 Å². The van der Waals surface area contributed by atoms with Gasteiger partial charge in [-0.1, -0.05) is 0 Å². The molecular formula is C18H18BrNO6S. The van der Waals surface area contributed by atoms with Gasteiger partial charge in [-0.25, -0.2) is 0 Å². The minimum atomic E-state index is -4.11. The van der Waals surface area contributed by atoms with E-state index in [2.05, 4.69) is 15.9 Å². The summed E-state index contributed by atoms with van der Waals surface area (Å²) in [4.78, 5) is -0.0414. The maximum absolute atomic E-state index is 12.6. The predicted octanol–water partition coefficient (Wildman–Crippen LogP) is 3.51. The first-order valence-corrected chi connectivity index (χ1v) is 10.1. The number of hydrogen-bond acceptors (Lipinski definition) is 7. The molecule has 0 fully saturated rings. The lowest BCUT2D eigenvalue weighted by atomic mass is 10.2. The first-order valence-electron chi connectivity index (χ1n) is 7.94. The van der Waals surface area contributed by atoms with E-state index in [1.165, 1.54) is 36.4 Å². The second-order valence-corrected chi connectivity index (χ2v) is 7.58. The Hall–Kier alpha value is -2.28. The molecule has 0 aliphatic heterocycles. The van der Waals surface area contributed by atoms with Crippen LogP contribution in [0.3, 0.4) is 0 Å². The van der Waals surface area contributed by atoms with Gasteiger partial charge in [0.25, 0.3) is 0 Å². The van der Waals surface area contributed by atoms with E-state index < -0.39 is 10.1 Å². The van der Waals surface area contributed by atoms with Crippen molar-refractivity contribution >= 4 is 26.0 Å². The monoisotopic (exact) mass is 455 g/mol. The molecule has 0 heterocycles. The van der Waals surface area contributed by atoms with E-state index in [0.717, 1.165) is 0 Å². The van der Waals surface area contributed by atoms with Gasteiger partial charge in [-0.05, 0) is 53.2 Å². The third kappa shape index (κ3) is 5.60. The summed E-state index contributed by atoms with van der Waals surface area (Å²) in [5.41, 5.74) is 0.313. The second-order valence-electron chi connectivity index (χ2n) is 5.18. The van der Waals surface area contributed by atoms with Crippen LogP contribution in [0.25, 0.3) is 0 Å². The Labute approximate surface area is 166 Å². The molecule has 0 spiro atoms. The number of ether oxygens (including phenoxy) is 3. The number of hydrogen-bond donors (Lipinski definition) is 0. The van der Waals surface area contributed by atoms with E-state index in [-0.39, 0.29) is 23.0 Å². The Morgan fingerprint density at radius 1 is 1.11 bits per heavy atom. The van der Waals surface area contributed by atoms with Crippen LogP contribution in [0.1, 0.15) is 12.5 Å². The zero-order chi connectivity index (χ0) is 19.9. The van der Waals surface area contributed by atoms with Crippen LogP contribution in [-0.2, 0) is 14.9 Å². The van der Waals surface area contributed by atoms with E-state index in [4.69, 9.17) is 23.7 Å². The smallest absolute Gasteiger partial charge is 0.339 e. The highest BCUT2D eigenvalue weighted by molar-refractivity contribution is 9.10. The van der Waals surface area contributed by atoms with Gasteiger partial charge in [0.2, 0.25) is 0 Å². The summed E-state index contributed by atoms with van der Waals surface area (Å²) in [6.45, 7) is 2.81. The average Bonchev–Trinajstić information content (AvgIpc) is 2.65. The first-order chi connectivity index (χ1) is 12.9. The molecule has 2 aromatic rings. The molecule has 0 atom stereocenters. The molecule has 0 saturated heterocycles. The lowest BCUT2D eigenvalue weighted by Crippen LogP contribution is -2.11. The third-order valence-electron chi connectivity index (χ3n) is 3.30. The topological polar surface area (TPSA) is 94.9 Å². The fourth-order valence-corrected chi connectivity index (χ4v) is 3.67. The van der Waals surface area contributed by atoms with E-state index in [9.17, 15) is 8.42 Å². The maximum Gasteiger partial charge on any atom is 0.339 e. The summed E-state index contributed by atoms with van der Waals surface area (Å²) >= 11 is 3.23. The average molecular weight is 456 g/mol. The van der Waals surface area contributed by atoms with Crippen molar-refractivity contribution < 1.29 is 26.8 Å². The summed E-state index contributed by atoms with van der Waals surface area (Å²) in [5, 5.41) is 9.05. The molecule has 2 aromatic carbocycles. The molecule has 0 unspecified atom stereocenters. The Morgan fingerprint density at radius 3 is 2.41 bits per heavy atom. The molecule has 0 radical (unpaired) electrons. The number of methoxy groups -OCH3 is 1. The van der Waals surface area contributed by atoms with Gasteiger partial charge in [0.05, 0.1) is 29.3 Å². The van der Waals surface area contributed by atoms with Crippen LogP contribution in [-0.4, -0.2) is 35.3 Å². The molecule has 0 amide bonds. The predicted molar refractivity (Wildman–Crippen MR) is 102 cm³/mol. The Morgan fingerprint density at radius 2 is 1.81 bits per heavy atom. The van der Waals surface area contributed by atoms with Crippen molar-refractivity contribution in [1.82, 2.24) is 0 Å². The molecule has 0 aliphatic rings. The molecule has 9 heteroatoms. The van der Waals surface area contributed by atoms with Crippen LogP contribution >= 0.6 is 15.9 Å². The fraction of sp³-hybridized carbons (Fsp3) is 0.278. The van der Waals surface area contributed by atoms with Crippen molar-refractivity contribution in [3.8, 4) is 23.3 Å². The van der Waals surface area contributed by atoms with Crippen LogP contribution in [0.5, 0.6) is 17.2 Å². The first kappa shape index (κ1) is 21.0. The number of benzene rings is 2. The molecule has 0 aliphatic carbocycles. The molecule has 2 rings (SSSR count). The van der Waals surface area contributed by atoms with Crippen molar-refractivity contribution in [1.29, 1.82) is 5.26 Å². The van der Waals surface area contributed by atoms with E-state index in [1.807, 2.05) is 6.07 Å². The van der Waals surface area contributed by atoms with Gasteiger partial charge in [0, 0.05) is 13.2 Å². The van der Waals surface area contributed by atoms with E-state index in [0.29, 0.717) is 29.0 Å². The summed E-state index contributed by atoms with van der Waals surface area (Å²) in [6, 6.07) is 10.7.